The van der Waals surface area contributed by atoms with Crippen molar-refractivity contribution in [3.63, 3.8) is 0 Å². The van der Waals surface area contributed by atoms with Crippen molar-refractivity contribution in [1.82, 2.24) is 9.69 Å². The van der Waals surface area contributed by atoms with Gasteiger partial charge in [0, 0.05) is 13.6 Å². The highest BCUT2D eigenvalue weighted by Crippen LogP contribution is 2.26. The van der Waals surface area contributed by atoms with E-state index in [1.54, 1.807) is 7.05 Å². The zero-order valence-corrected chi connectivity index (χ0v) is 11.2. The van der Waals surface area contributed by atoms with Crippen LogP contribution in [0.3, 0.4) is 0 Å². The molecule has 0 saturated carbocycles. The fourth-order valence-electron chi connectivity index (χ4n) is 1.52. The fourth-order valence-corrected chi connectivity index (χ4v) is 2.26. The van der Waals surface area contributed by atoms with Gasteiger partial charge in [0.2, 0.25) is 0 Å². The number of nitrogens with two attached hydrogens (primary N) is 1. The van der Waals surface area contributed by atoms with Crippen molar-refractivity contribution >= 4 is 28.3 Å². The molecule has 0 spiro atoms. The van der Waals surface area contributed by atoms with E-state index in [1.165, 1.54) is 30.8 Å². The summed E-state index contributed by atoms with van der Waals surface area (Å²) in [7, 11) is 1.59. The summed E-state index contributed by atoms with van der Waals surface area (Å²) in [5, 5.41) is 6.55. The molecule has 5 nitrogen and oxygen atoms in total. The first-order valence-corrected chi connectivity index (χ1v) is 6.69. The van der Waals surface area contributed by atoms with E-state index in [9.17, 15) is 4.79 Å². The molecule has 0 saturated heterocycles. The maximum Gasteiger partial charge on any atom is 0.257 e. The number of rotatable bonds is 7. The van der Waals surface area contributed by atoms with E-state index in [1.807, 2.05) is 0 Å². The molecule has 17 heavy (non-hydrogen) atoms. The average Bonchev–Trinajstić information content (AvgIpc) is 2.69. The van der Waals surface area contributed by atoms with Gasteiger partial charge in [-0.15, -0.1) is 0 Å². The Morgan fingerprint density at radius 2 is 2.18 bits per heavy atom. The summed E-state index contributed by atoms with van der Waals surface area (Å²) in [5.41, 5.74) is 6.13. The molecule has 1 heterocycles. The first-order valence-electron chi connectivity index (χ1n) is 5.91. The van der Waals surface area contributed by atoms with Crippen molar-refractivity contribution in [2.75, 3.05) is 24.6 Å². The molecule has 0 aromatic carbocycles. The smallest absolute Gasteiger partial charge is 0.257 e. The van der Waals surface area contributed by atoms with Gasteiger partial charge in [-0.25, -0.2) is 0 Å². The molecule has 0 aliphatic heterocycles. The zero-order valence-electron chi connectivity index (χ0n) is 10.4. The summed E-state index contributed by atoms with van der Waals surface area (Å²) in [4.78, 5) is 11.6. The summed E-state index contributed by atoms with van der Waals surface area (Å²) in [5.74, 6) is 0.109. The molecular formula is C11H20N4OS. The summed E-state index contributed by atoms with van der Waals surface area (Å²) in [6, 6.07) is 0. The summed E-state index contributed by atoms with van der Waals surface area (Å²) in [6.45, 7) is 3.03. The highest BCUT2D eigenvalue weighted by atomic mass is 32.1. The first kappa shape index (κ1) is 13.8. The fraction of sp³-hybridized carbons (Fsp3) is 0.636. The van der Waals surface area contributed by atoms with Crippen LogP contribution in [0, 0.1) is 0 Å². The van der Waals surface area contributed by atoms with E-state index in [-0.39, 0.29) is 5.91 Å². The molecule has 1 aromatic heterocycles. The topological polar surface area (TPSA) is 80.0 Å². The van der Waals surface area contributed by atoms with Crippen LogP contribution >= 0.6 is 11.5 Å². The van der Waals surface area contributed by atoms with Crippen molar-refractivity contribution in [2.45, 2.75) is 32.6 Å². The second-order valence-electron chi connectivity index (χ2n) is 3.84. The number of unbranched alkanes of at least 4 members (excludes halogenated alkanes) is 3. The Balaban J connectivity index is 2.50. The Morgan fingerprint density at radius 3 is 2.82 bits per heavy atom. The quantitative estimate of drug-likeness (QED) is 0.652. The van der Waals surface area contributed by atoms with E-state index in [0.29, 0.717) is 11.4 Å². The van der Waals surface area contributed by atoms with Gasteiger partial charge in [-0.1, -0.05) is 26.2 Å². The van der Waals surface area contributed by atoms with Crippen molar-refractivity contribution in [3.8, 4) is 0 Å². The van der Waals surface area contributed by atoms with Gasteiger partial charge in [-0.2, -0.15) is 4.37 Å². The van der Waals surface area contributed by atoms with Gasteiger partial charge in [0.05, 0.1) is 0 Å². The maximum absolute atomic E-state index is 11.6. The Morgan fingerprint density at radius 1 is 1.41 bits per heavy atom. The van der Waals surface area contributed by atoms with Gasteiger partial charge in [-0.3, -0.25) is 4.79 Å². The van der Waals surface area contributed by atoms with Crippen LogP contribution in [0.5, 0.6) is 0 Å². The predicted octanol–water partition coefficient (Wildman–Crippen LogP) is 2.08. The molecule has 0 aliphatic rings. The molecular weight excluding hydrogens is 236 g/mol. The van der Waals surface area contributed by atoms with Crippen LogP contribution in [0.2, 0.25) is 0 Å². The minimum absolute atomic E-state index is 0.188. The lowest BCUT2D eigenvalue weighted by atomic mass is 10.2. The third kappa shape index (κ3) is 3.89. The van der Waals surface area contributed by atoms with E-state index in [0.717, 1.165) is 18.0 Å². The minimum atomic E-state index is -0.188. The second-order valence-corrected chi connectivity index (χ2v) is 4.61. The molecule has 1 aromatic rings. The first-order chi connectivity index (χ1) is 8.20. The maximum atomic E-state index is 11.6. The zero-order chi connectivity index (χ0) is 12.7. The number of nitrogen functional groups attached to an aromatic ring is 1. The third-order valence-electron chi connectivity index (χ3n) is 2.49. The van der Waals surface area contributed by atoms with Gasteiger partial charge in [0.15, 0.2) is 5.82 Å². The van der Waals surface area contributed by atoms with Crippen LogP contribution < -0.4 is 16.4 Å². The highest BCUT2D eigenvalue weighted by molar-refractivity contribution is 7.11. The third-order valence-corrected chi connectivity index (χ3v) is 3.31. The second kappa shape index (κ2) is 7.11. The normalized spacial score (nSPS) is 10.2. The number of anilines is 2. The van der Waals surface area contributed by atoms with E-state index in [2.05, 4.69) is 21.9 Å². The number of nitrogens with one attached hydrogen (secondary N) is 2. The number of hydrogen-bond acceptors (Lipinski definition) is 5. The van der Waals surface area contributed by atoms with Crippen molar-refractivity contribution in [1.29, 1.82) is 0 Å². The van der Waals surface area contributed by atoms with Crippen LogP contribution in [0.1, 0.15) is 43.0 Å². The van der Waals surface area contributed by atoms with Crippen molar-refractivity contribution in [2.24, 2.45) is 0 Å². The van der Waals surface area contributed by atoms with Crippen LogP contribution in [0.25, 0.3) is 0 Å². The van der Waals surface area contributed by atoms with E-state index < -0.39 is 0 Å². The molecule has 6 heteroatoms. The standard InChI is InChI=1S/C11H20N4OS/c1-3-4-5-6-7-14-11-8(10(16)13-2)9(12)15-17-11/h14H,3-7H2,1-2H3,(H2,12,15)(H,13,16). The van der Waals surface area contributed by atoms with Crippen molar-refractivity contribution in [3.05, 3.63) is 5.56 Å². The minimum Gasteiger partial charge on any atom is -0.382 e. The number of carbonyl (C=O) groups excluding carboxylic acids is 1. The largest absolute Gasteiger partial charge is 0.382 e. The lowest BCUT2D eigenvalue weighted by molar-refractivity contribution is 0.0965. The lowest BCUT2D eigenvalue weighted by Crippen LogP contribution is -2.20. The number of hydrogen-bond donors (Lipinski definition) is 3. The van der Waals surface area contributed by atoms with E-state index >= 15 is 0 Å². The average molecular weight is 256 g/mol. The molecule has 1 amide bonds. The molecule has 0 bridgehead atoms. The van der Waals surface area contributed by atoms with Crippen LogP contribution in [0.4, 0.5) is 10.8 Å². The molecule has 96 valence electrons. The van der Waals surface area contributed by atoms with E-state index in [4.69, 9.17) is 5.73 Å². The molecule has 0 aliphatic carbocycles. The summed E-state index contributed by atoms with van der Waals surface area (Å²) >= 11 is 1.24. The highest BCUT2D eigenvalue weighted by Gasteiger charge is 2.17. The van der Waals surface area contributed by atoms with Crippen LogP contribution in [-0.4, -0.2) is 23.9 Å². The SMILES string of the molecule is CCCCCCNc1snc(N)c1C(=O)NC. The summed E-state index contributed by atoms with van der Waals surface area (Å²) < 4.78 is 4.00. The van der Waals surface area contributed by atoms with Gasteiger partial charge < -0.3 is 16.4 Å². The molecule has 0 radical (unpaired) electrons. The van der Waals surface area contributed by atoms with Gasteiger partial charge in [0.1, 0.15) is 10.6 Å². The Labute approximate surface area is 106 Å². The Kier molecular flexibility index (Phi) is 5.76. The number of amides is 1. The Bertz CT molecular complexity index is 364. The monoisotopic (exact) mass is 256 g/mol. The number of aromatic nitrogens is 1. The predicted molar refractivity (Wildman–Crippen MR) is 72.5 cm³/mol. The molecule has 0 atom stereocenters. The number of carbonyl (C=O) groups is 1. The van der Waals surface area contributed by atoms with Crippen LogP contribution in [-0.2, 0) is 0 Å². The molecule has 0 fully saturated rings. The Hall–Kier alpha value is -1.30. The van der Waals surface area contributed by atoms with Gasteiger partial charge >= 0.3 is 0 Å². The lowest BCUT2D eigenvalue weighted by Gasteiger charge is -2.05. The summed E-state index contributed by atoms with van der Waals surface area (Å²) in [6.07, 6.45) is 4.76. The molecule has 4 N–H and O–H groups in total. The number of nitrogens with zero attached hydrogens (tertiary/aromatic N) is 1. The molecule has 0 unspecified atom stereocenters. The van der Waals surface area contributed by atoms with Gasteiger partial charge in [0.25, 0.3) is 5.91 Å². The van der Waals surface area contributed by atoms with Crippen molar-refractivity contribution < 1.29 is 4.79 Å². The molecule has 1 rings (SSSR count). The van der Waals surface area contributed by atoms with Gasteiger partial charge in [-0.05, 0) is 18.0 Å². The van der Waals surface area contributed by atoms with Crippen LogP contribution in [0.15, 0.2) is 0 Å².